The zero-order valence-corrected chi connectivity index (χ0v) is 48.1. The van der Waals surface area contributed by atoms with Crippen LogP contribution in [0.25, 0.3) is 0 Å². The normalized spacial score (nSPS) is 12.6. The van der Waals surface area contributed by atoms with E-state index in [0.29, 0.717) is 19.3 Å². The van der Waals surface area contributed by atoms with Gasteiger partial charge in [0.15, 0.2) is 6.10 Å². The van der Waals surface area contributed by atoms with Gasteiger partial charge in [0, 0.05) is 19.3 Å². The molecule has 0 radical (unpaired) electrons. The fraction of sp³-hybridized carbons (Fsp3) is 0.746. The van der Waals surface area contributed by atoms with Crippen LogP contribution in [0.3, 0.4) is 0 Å². The summed E-state index contributed by atoms with van der Waals surface area (Å²) in [6, 6.07) is 0. The Morgan fingerprint density at radius 3 is 0.918 bits per heavy atom. The summed E-state index contributed by atoms with van der Waals surface area (Å²) in [5.74, 6) is -0.979. The molecule has 0 saturated carbocycles. The van der Waals surface area contributed by atoms with Crippen LogP contribution in [0.2, 0.25) is 0 Å². The largest absolute Gasteiger partial charge is 0.462 e. The quantitative estimate of drug-likeness (QED) is 0.0261. The maximum absolute atomic E-state index is 12.9. The minimum absolute atomic E-state index is 0.0989. The van der Waals surface area contributed by atoms with Gasteiger partial charge < -0.3 is 14.2 Å². The Bertz CT molecular complexity index is 1400. The highest BCUT2D eigenvalue weighted by Crippen LogP contribution is 2.16. The number of allylic oxidation sites excluding steroid dienone is 14. The van der Waals surface area contributed by atoms with Gasteiger partial charge in [-0.2, -0.15) is 0 Å². The van der Waals surface area contributed by atoms with Crippen molar-refractivity contribution in [1.82, 2.24) is 0 Å². The van der Waals surface area contributed by atoms with Crippen molar-refractivity contribution in [3.8, 4) is 0 Å². The van der Waals surface area contributed by atoms with Crippen molar-refractivity contribution < 1.29 is 28.6 Å². The van der Waals surface area contributed by atoms with E-state index in [9.17, 15) is 14.4 Å². The summed E-state index contributed by atoms with van der Waals surface area (Å²) in [5.41, 5.74) is 0. The number of unbranched alkanes of at least 4 members (excludes halogenated alkanes) is 31. The average molecular weight is 1020 g/mol. The molecule has 420 valence electrons. The fourth-order valence-electron chi connectivity index (χ4n) is 8.76. The molecule has 0 aromatic carbocycles. The topological polar surface area (TPSA) is 78.9 Å². The van der Waals surface area contributed by atoms with Gasteiger partial charge in [-0.05, 0) is 83.5 Å². The predicted octanol–water partition coefficient (Wildman–Crippen LogP) is 21.1. The van der Waals surface area contributed by atoms with Crippen LogP contribution >= 0.6 is 0 Å². The summed E-state index contributed by atoms with van der Waals surface area (Å²) in [6.07, 6.45) is 80.2. The number of hydrogen-bond acceptors (Lipinski definition) is 6. The summed E-state index contributed by atoms with van der Waals surface area (Å²) in [6.45, 7) is 6.49. The van der Waals surface area contributed by atoms with Gasteiger partial charge in [0.2, 0.25) is 0 Å². The molecule has 0 amide bonds. The highest BCUT2D eigenvalue weighted by atomic mass is 16.6. The summed E-state index contributed by atoms with van der Waals surface area (Å²) in [4.78, 5) is 38.3. The maximum Gasteiger partial charge on any atom is 0.306 e. The van der Waals surface area contributed by atoms with Gasteiger partial charge in [-0.25, -0.2) is 0 Å². The van der Waals surface area contributed by atoms with E-state index in [4.69, 9.17) is 14.2 Å². The standard InChI is InChI=1S/C67H116O6/c1-4-7-10-13-16-19-22-25-28-31-33-36-39-42-45-48-51-54-57-60-66(69)72-63-64(62-71-65(68)59-56-53-50-47-44-41-38-35-30-27-24-21-18-15-12-9-6-3)73-67(70)61-58-55-52-49-46-43-40-37-34-32-29-26-23-20-17-14-11-8-5-2/h7,10,16,19,25,28,32-34,36,42,45,51,54,64H,4-6,8-9,11-15,17-18,20-24,26-27,29-31,35,37-41,43-44,46-50,52-53,55-63H2,1-3H3/b10-7-,19-16-,28-25-,34-32-,36-33-,45-42-,54-51-/t64-/m1/s1. The van der Waals surface area contributed by atoms with E-state index in [-0.39, 0.29) is 37.5 Å². The maximum atomic E-state index is 12.9. The number of hydrogen-bond donors (Lipinski definition) is 0. The zero-order chi connectivity index (χ0) is 52.9. The van der Waals surface area contributed by atoms with Crippen LogP contribution in [0, 0.1) is 0 Å². The minimum atomic E-state index is -0.809. The molecule has 0 aliphatic carbocycles. The molecule has 0 rings (SSSR count). The van der Waals surface area contributed by atoms with Crippen molar-refractivity contribution in [1.29, 1.82) is 0 Å². The number of carbonyl (C=O) groups is 3. The predicted molar refractivity (Wildman–Crippen MR) is 316 cm³/mol. The number of esters is 3. The summed E-state index contributed by atoms with van der Waals surface area (Å²) in [5, 5.41) is 0. The highest BCUT2D eigenvalue weighted by Gasteiger charge is 2.19. The van der Waals surface area contributed by atoms with E-state index in [1.165, 1.54) is 180 Å². The molecule has 1 atom stereocenters. The number of ether oxygens (including phenoxy) is 3. The van der Waals surface area contributed by atoms with Gasteiger partial charge >= 0.3 is 17.9 Å². The molecule has 0 aliphatic rings. The molecule has 0 saturated heterocycles. The van der Waals surface area contributed by atoms with E-state index in [1.54, 1.807) is 0 Å². The van der Waals surface area contributed by atoms with Crippen molar-refractivity contribution in [2.24, 2.45) is 0 Å². The van der Waals surface area contributed by atoms with Gasteiger partial charge in [-0.1, -0.05) is 286 Å². The average Bonchev–Trinajstić information content (AvgIpc) is 3.39. The third-order valence-electron chi connectivity index (χ3n) is 13.4. The zero-order valence-electron chi connectivity index (χ0n) is 48.1. The molecule has 73 heavy (non-hydrogen) atoms. The van der Waals surface area contributed by atoms with E-state index in [1.807, 2.05) is 6.08 Å². The van der Waals surface area contributed by atoms with Gasteiger partial charge in [-0.15, -0.1) is 0 Å². The van der Waals surface area contributed by atoms with E-state index in [0.717, 1.165) is 77.0 Å². The lowest BCUT2D eigenvalue weighted by Crippen LogP contribution is -2.30. The van der Waals surface area contributed by atoms with Crippen LogP contribution in [0.4, 0.5) is 0 Å². The van der Waals surface area contributed by atoms with E-state index < -0.39 is 6.10 Å². The number of carbonyl (C=O) groups excluding carboxylic acids is 3. The Morgan fingerprint density at radius 1 is 0.288 bits per heavy atom. The third-order valence-corrected chi connectivity index (χ3v) is 13.4. The van der Waals surface area contributed by atoms with Crippen molar-refractivity contribution in [3.05, 3.63) is 85.1 Å². The Balaban J connectivity index is 4.47. The second-order valence-electron chi connectivity index (χ2n) is 20.6. The van der Waals surface area contributed by atoms with Gasteiger partial charge in [0.25, 0.3) is 0 Å². The lowest BCUT2D eigenvalue weighted by molar-refractivity contribution is -0.166. The second kappa shape index (κ2) is 61.1. The molecular weight excluding hydrogens is 901 g/mol. The Hall–Kier alpha value is -3.41. The highest BCUT2D eigenvalue weighted by molar-refractivity contribution is 5.71. The first-order chi connectivity index (χ1) is 36.0. The molecule has 0 N–H and O–H groups in total. The van der Waals surface area contributed by atoms with Gasteiger partial charge in [0.05, 0.1) is 0 Å². The summed E-state index contributed by atoms with van der Waals surface area (Å²) < 4.78 is 16.9. The Kier molecular flexibility index (Phi) is 58.3. The van der Waals surface area contributed by atoms with Crippen molar-refractivity contribution in [2.75, 3.05) is 13.2 Å². The molecule has 6 nitrogen and oxygen atoms in total. The molecule has 0 aromatic heterocycles. The first-order valence-electron chi connectivity index (χ1n) is 31.1. The SMILES string of the molecule is CC/C=C\C/C=C\C/C=C\C/C=C\C/C=C\C/C=C\CCC(=O)OC[C@@H](COC(=O)CCCCCCCCCCCCCCCCCCC)OC(=O)CCCCCCCCC/C=C\CCCCCCCCCC. The Morgan fingerprint density at radius 2 is 0.562 bits per heavy atom. The van der Waals surface area contributed by atoms with E-state index in [2.05, 4.69) is 99.8 Å². The lowest BCUT2D eigenvalue weighted by Gasteiger charge is -2.18. The first-order valence-corrected chi connectivity index (χ1v) is 31.1. The Labute approximate surface area is 452 Å². The second-order valence-corrected chi connectivity index (χ2v) is 20.6. The number of rotatable bonds is 56. The molecule has 0 spiro atoms. The molecule has 0 heterocycles. The summed E-state index contributed by atoms with van der Waals surface area (Å²) in [7, 11) is 0. The monoisotopic (exact) mass is 1020 g/mol. The molecule has 0 aromatic rings. The molecule has 0 unspecified atom stereocenters. The smallest absolute Gasteiger partial charge is 0.306 e. The van der Waals surface area contributed by atoms with Crippen LogP contribution in [-0.2, 0) is 28.6 Å². The molecular formula is C67H116O6. The van der Waals surface area contributed by atoms with Crippen LogP contribution in [0.5, 0.6) is 0 Å². The van der Waals surface area contributed by atoms with E-state index >= 15 is 0 Å². The van der Waals surface area contributed by atoms with Gasteiger partial charge in [0.1, 0.15) is 13.2 Å². The third kappa shape index (κ3) is 59.3. The fourth-order valence-corrected chi connectivity index (χ4v) is 8.76. The summed E-state index contributed by atoms with van der Waals surface area (Å²) >= 11 is 0. The van der Waals surface area contributed by atoms with Crippen LogP contribution in [0.15, 0.2) is 85.1 Å². The van der Waals surface area contributed by atoms with Gasteiger partial charge in [-0.3, -0.25) is 14.4 Å². The van der Waals surface area contributed by atoms with Crippen molar-refractivity contribution >= 4 is 17.9 Å². The van der Waals surface area contributed by atoms with Crippen LogP contribution < -0.4 is 0 Å². The van der Waals surface area contributed by atoms with Crippen molar-refractivity contribution in [2.45, 2.75) is 309 Å². The van der Waals surface area contributed by atoms with Crippen molar-refractivity contribution in [3.63, 3.8) is 0 Å². The van der Waals surface area contributed by atoms with Crippen LogP contribution in [-0.4, -0.2) is 37.2 Å². The molecule has 0 aliphatic heterocycles. The molecule has 0 bridgehead atoms. The minimum Gasteiger partial charge on any atom is -0.462 e. The molecule has 6 heteroatoms. The lowest BCUT2D eigenvalue weighted by atomic mass is 10.0. The van der Waals surface area contributed by atoms with Crippen LogP contribution in [0.1, 0.15) is 303 Å². The molecule has 0 fully saturated rings. The first kappa shape index (κ1) is 69.6.